The van der Waals surface area contributed by atoms with E-state index in [1.54, 1.807) is 12.3 Å². The summed E-state index contributed by atoms with van der Waals surface area (Å²) in [5, 5.41) is 1.16. The molecule has 0 bridgehead atoms. The lowest BCUT2D eigenvalue weighted by atomic mass is 9.83. The van der Waals surface area contributed by atoms with Crippen LogP contribution in [0.15, 0.2) is 34.3 Å². The van der Waals surface area contributed by atoms with E-state index >= 15 is 0 Å². The number of anilines is 3. The molecule has 0 amide bonds. The Balaban J connectivity index is 1.77. The number of piperidine rings is 1. The monoisotopic (exact) mass is 363 g/mol. The molecule has 4 N–H and O–H groups in total. The molecule has 1 aliphatic rings. The van der Waals surface area contributed by atoms with E-state index in [4.69, 9.17) is 23.1 Å². The maximum absolute atomic E-state index is 6.23. The van der Waals surface area contributed by atoms with Gasteiger partial charge in [0.25, 0.3) is 0 Å². The standard InChI is InChI=1S/C17H22ClN5S/c1-17(2)6-8-23(9-7-17)13-10-21-16(15(20)22-13)24-12-5-3-4-11(19)14(12)18/h3-5,10H,6-9,19H2,1-2H3,(H2,20,22). The summed E-state index contributed by atoms with van der Waals surface area (Å²) in [5.41, 5.74) is 12.9. The van der Waals surface area contributed by atoms with E-state index < -0.39 is 0 Å². The minimum atomic E-state index is 0.398. The fourth-order valence-corrected chi connectivity index (χ4v) is 3.73. The molecule has 0 unspecified atom stereocenters. The number of nitrogens with two attached hydrogens (primary N) is 2. The van der Waals surface area contributed by atoms with Crippen LogP contribution in [0.25, 0.3) is 0 Å². The minimum absolute atomic E-state index is 0.398. The van der Waals surface area contributed by atoms with Crippen molar-refractivity contribution >= 4 is 40.7 Å². The van der Waals surface area contributed by atoms with E-state index in [1.807, 2.05) is 12.1 Å². The van der Waals surface area contributed by atoms with Crippen molar-refractivity contribution in [2.24, 2.45) is 5.41 Å². The van der Waals surface area contributed by atoms with Crippen molar-refractivity contribution in [1.29, 1.82) is 0 Å². The van der Waals surface area contributed by atoms with Crippen molar-refractivity contribution in [3.8, 4) is 0 Å². The van der Waals surface area contributed by atoms with Gasteiger partial charge in [0.1, 0.15) is 10.8 Å². The van der Waals surface area contributed by atoms with Crippen LogP contribution < -0.4 is 16.4 Å². The average Bonchev–Trinajstić information content (AvgIpc) is 2.53. The van der Waals surface area contributed by atoms with Gasteiger partial charge in [-0.2, -0.15) is 0 Å². The van der Waals surface area contributed by atoms with Crippen LogP contribution in [0, 0.1) is 5.41 Å². The maximum Gasteiger partial charge on any atom is 0.158 e. The third kappa shape index (κ3) is 3.70. The zero-order valence-corrected chi connectivity index (χ0v) is 15.5. The van der Waals surface area contributed by atoms with Crippen LogP contribution in [0.2, 0.25) is 5.02 Å². The summed E-state index contributed by atoms with van der Waals surface area (Å²) >= 11 is 7.61. The molecule has 24 heavy (non-hydrogen) atoms. The third-order valence-electron chi connectivity index (χ3n) is 4.39. The van der Waals surface area contributed by atoms with Crippen molar-refractivity contribution in [1.82, 2.24) is 9.97 Å². The fraction of sp³-hybridized carbons (Fsp3) is 0.412. The number of aromatic nitrogens is 2. The van der Waals surface area contributed by atoms with Crippen LogP contribution in [0.3, 0.4) is 0 Å². The van der Waals surface area contributed by atoms with Crippen LogP contribution in [0.4, 0.5) is 17.3 Å². The van der Waals surface area contributed by atoms with Gasteiger partial charge in [-0.25, -0.2) is 9.97 Å². The fourth-order valence-electron chi connectivity index (χ4n) is 2.67. The largest absolute Gasteiger partial charge is 0.397 e. The molecule has 0 aliphatic carbocycles. The number of hydrogen-bond acceptors (Lipinski definition) is 6. The normalized spacial score (nSPS) is 17.0. The number of hydrogen-bond donors (Lipinski definition) is 2. The Bertz CT molecular complexity index is 740. The topological polar surface area (TPSA) is 81.1 Å². The highest BCUT2D eigenvalue weighted by molar-refractivity contribution is 7.99. The predicted molar refractivity (Wildman–Crippen MR) is 102 cm³/mol. The second-order valence-electron chi connectivity index (χ2n) is 6.83. The van der Waals surface area contributed by atoms with E-state index in [0.717, 1.165) is 36.6 Å². The van der Waals surface area contributed by atoms with Crippen molar-refractivity contribution in [2.75, 3.05) is 29.5 Å². The highest BCUT2D eigenvalue weighted by Gasteiger charge is 2.26. The van der Waals surface area contributed by atoms with Gasteiger partial charge in [-0.3, -0.25) is 0 Å². The number of nitrogen functional groups attached to an aromatic ring is 2. The number of halogens is 1. The molecule has 0 spiro atoms. The molecule has 3 rings (SSSR count). The summed E-state index contributed by atoms with van der Waals surface area (Å²) in [4.78, 5) is 12.1. The second kappa shape index (κ2) is 6.69. The average molecular weight is 364 g/mol. The lowest BCUT2D eigenvalue weighted by Gasteiger charge is -2.37. The molecule has 5 nitrogen and oxygen atoms in total. The molecular weight excluding hydrogens is 342 g/mol. The molecule has 1 aromatic heterocycles. The Hall–Kier alpha value is -1.66. The molecular formula is C17H22ClN5S. The molecule has 1 aromatic carbocycles. The highest BCUT2D eigenvalue weighted by atomic mass is 35.5. The van der Waals surface area contributed by atoms with Crippen molar-refractivity contribution < 1.29 is 0 Å². The minimum Gasteiger partial charge on any atom is -0.397 e. The summed E-state index contributed by atoms with van der Waals surface area (Å²) in [6.07, 6.45) is 4.07. The molecule has 0 saturated carbocycles. The van der Waals surface area contributed by atoms with Crippen LogP contribution in [-0.2, 0) is 0 Å². The Labute approximate surface area is 151 Å². The summed E-state index contributed by atoms with van der Waals surface area (Å²) in [7, 11) is 0. The van der Waals surface area contributed by atoms with Gasteiger partial charge in [0, 0.05) is 18.0 Å². The van der Waals surface area contributed by atoms with Crippen molar-refractivity contribution in [2.45, 2.75) is 36.6 Å². The Kier molecular flexibility index (Phi) is 4.78. The second-order valence-corrected chi connectivity index (χ2v) is 8.24. The first-order chi connectivity index (χ1) is 11.4. The molecule has 1 saturated heterocycles. The highest BCUT2D eigenvalue weighted by Crippen LogP contribution is 2.38. The summed E-state index contributed by atoms with van der Waals surface area (Å²) < 4.78 is 0. The number of rotatable bonds is 3. The SMILES string of the molecule is CC1(C)CCN(c2cnc(Sc3cccc(N)c3Cl)c(N)n2)CC1. The van der Waals surface area contributed by atoms with Crippen LogP contribution in [0.5, 0.6) is 0 Å². The van der Waals surface area contributed by atoms with E-state index in [0.29, 0.717) is 27.0 Å². The Morgan fingerprint density at radius 3 is 2.58 bits per heavy atom. The van der Waals surface area contributed by atoms with Gasteiger partial charge < -0.3 is 16.4 Å². The van der Waals surface area contributed by atoms with Crippen LogP contribution in [-0.4, -0.2) is 23.1 Å². The van der Waals surface area contributed by atoms with Gasteiger partial charge in [0.15, 0.2) is 5.82 Å². The maximum atomic E-state index is 6.23. The lowest BCUT2D eigenvalue weighted by molar-refractivity contribution is 0.279. The zero-order chi connectivity index (χ0) is 17.3. The molecule has 0 radical (unpaired) electrons. The summed E-state index contributed by atoms with van der Waals surface area (Å²) in [6, 6.07) is 5.52. The van der Waals surface area contributed by atoms with Crippen LogP contribution in [0.1, 0.15) is 26.7 Å². The predicted octanol–water partition coefficient (Wildman–Crippen LogP) is 4.07. The molecule has 0 atom stereocenters. The summed E-state index contributed by atoms with van der Waals surface area (Å²) in [5.74, 6) is 1.26. The smallest absolute Gasteiger partial charge is 0.158 e. The van der Waals surface area contributed by atoms with Gasteiger partial charge in [-0.05, 0) is 30.4 Å². The summed E-state index contributed by atoms with van der Waals surface area (Å²) in [6.45, 7) is 6.57. The van der Waals surface area contributed by atoms with Gasteiger partial charge >= 0.3 is 0 Å². The third-order valence-corrected chi connectivity index (χ3v) is 5.99. The Morgan fingerprint density at radius 2 is 1.92 bits per heavy atom. The first-order valence-electron chi connectivity index (χ1n) is 7.95. The van der Waals surface area contributed by atoms with Crippen molar-refractivity contribution in [3.63, 3.8) is 0 Å². The number of nitrogens with zero attached hydrogens (tertiary/aromatic N) is 3. The quantitative estimate of drug-likeness (QED) is 0.800. The molecule has 2 aromatic rings. The first-order valence-corrected chi connectivity index (χ1v) is 9.14. The van der Waals surface area contributed by atoms with Gasteiger partial charge in [0.2, 0.25) is 0 Å². The Morgan fingerprint density at radius 1 is 1.21 bits per heavy atom. The first kappa shape index (κ1) is 17.2. The molecule has 2 heterocycles. The molecule has 1 aliphatic heterocycles. The van der Waals surface area contributed by atoms with Crippen LogP contribution >= 0.6 is 23.4 Å². The van der Waals surface area contributed by atoms with E-state index in [-0.39, 0.29) is 0 Å². The van der Waals surface area contributed by atoms with Gasteiger partial charge in [-0.15, -0.1) is 0 Å². The van der Waals surface area contributed by atoms with Gasteiger partial charge in [0.05, 0.1) is 16.9 Å². The zero-order valence-electron chi connectivity index (χ0n) is 13.9. The van der Waals surface area contributed by atoms with Gasteiger partial charge in [-0.1, -0.05) is 43.3 Å². The van der Waals surface area contributed by atoms with Crippen molar-refractivity contribution in [3.05, 3.63) is 29.4 Å². The molecule has 7 heteroatoms. The molecule has 128 valence electrons. The molecule has 1 fully saturated rings. The van der Waals surface area contributed by atoms with E-state index in [1.165, 1.54) is 11.8 Å². The van der Waals surface area contributed by atoms with E-state index in [9.17, 15) is 0 Å². The number of benzene rings is 1. The lowest BCUT2D eigenvalue weighted by Crippen LogP contribution is -2.37. The van der Waals surface area contributed by atoms with E-state index in [2.05, 4.69) is 28.7 Å².